The molecule has 0 bridgehead atoms. The summed E-state index contributed by atoms with van der Waals surface area (Å²) in [5.41, 5.74) is 6.93. The number of hydrogen-bond acceptors (Lipinski definition) is 6. The van der Waals surface area contributed by atoms with Gasteiger partial charge in [0.15, 0.2) is 6.61 Å². The first-order chi connectivity index (χ1) is 15.9. The molecule has 0 spiro atoms. The maximum absolute atomic E-state index is 12.5. The van der Waals surface area contributed by atoms with Crippen LogP contribution >= 0.6 is 11.6 Å². The lowest BCUT2D eigenvalue weighted by Gasteiger charge is -2.36. The highest BCUT2D eigenvalue weighted by atomic mass is 35.5. The molecule has 1 aliphatic rings. The van der Waals surface area contributed by atoms with E-state index in [-0.39, 0.29) is 18.9 Å². The third-order valence-electron chi connectivity index (χ3n) is 5.39. The fourth-order valence-corrected chi connectivity index (χ4v) is 3.71. The second-order valence-corrected chi connectivity index (χ2v) is 7.98. The highest BCUT2D eigenvalue weighted by Crippen LogP contribution is 2.21. The molecule has 1 heterocycles. The van der Waals surface area contributed by atoms with Crippen molar-refractivity contribution < 1.29 is 23.9 Å². The average molecular weight is 475 g/mol. The van der Waals surface area contributed by atoms with Gasteiger partial charge in [-0.25, -0.2) is 4.79 Å². The minimum atomic E-state index is -0.770. The van der Waals surface area contributed by atoms with Crippen LogP contribution in [0, 0.1) is 0 Å². The molecule has 3 amide bonds. The number of ether oxygens (including phenoxy) is 2. The zero-order chi connectivity index (χ0) is 23.8. The van der Waals surface area contributed by atoms with Gasteiger partial charge in [-0.2, -0.15) is 0 Å². The van der Waals surface area contributed by atoms with Crippen molar-refractivity contribution in [3.8, 4) is 5.75 Å². The number of piperazine rings is 1. The number of halogens is 1. The van der Waals surface area contributed by atoms with E-state index in [9.17, 15) is 14.4 Å². The number of urea groups is 1. The number of methoxy groups -OCH3 is 1. The molecule has 2 aromatic rings. The second kappa shape index (κ2) is 11.4. The minimum Gasteiger partial charge on any atom is -0.497 e. The molecule has 1 saturated heterocycles. The fraction of sp³-hybridized carbons (Fsp3) is 0.348. The van der Waals surface area contributed by atoms with E-state index < -0.39 is 18.0 Å². The highest BCUT2D eigenvalue weighted by Gasteiger charge is 2.24. The predicted molar refractivity (Wildman–Crippen MR) is 124 cm³/mol. The van der Waals surface area contributed by atoms with Crippen LogP contribution < -0.4 is 20.7 Å². The van der Waals surface area contributed by atoms with Crippen molar-refractivity contribution in [2.24, 2.45) is 5.73 Å². The van der Waals surface area contributed by atoms with Crippen LogP contribution in [-0.4, -0.2) is 62.7 Å². The van der Waals surface area contributed by atoms with Crippen molar-refractivity contribution in [2.45, 2.75) is 12.5 Å². The molecular formula is C23H27ClN4O5. The molecular weight excluding hydrogens is 448 g/mol. The molecule has 3 N–H and O–H groups in total. The molecule has 0 aromatic heterocycles. The lowest BCUT2D eigenvalue weighted by Crippen LogP contribution is -2.50. The SMILES string of the molecule is COc1ccc(N2CCN(C(=O)COC(=O)C[C@@H](NC(N)=O)c3ccc(Cl)cc3)CC2)cc1. The van der Waals surface area contributed by atoms with Crippen LogP contribution in [0.15, 0.2) is 48.5 Å². The van der Waals surface area contributed by atoms with Gasteiger partial charge in [0, 0.05) is 36.9 Å². The Morgan fingerprint density at radius 1 is 1.03 bits per heavy atom. The van der Waals surface area contributed by atoms with Gasteiger partial charge in [-0.05, 0) is 42.0 Å². The van der Waals surface area contributed by atoms with E-state index in [0.717, 1.165) is 11.4 Å². The van der Waals surface area contributed by atoms with Crippen molar-refractivity contribution >= 4 is 35.2 Å². The van der Waals surface area contributed by atoms with Crippen LogP contribution in [0.4, 0.5) is 10.5 Å². The Kier molecular flexibility index (Phi) is 8.37. The van der Waals surface area contributed by atoms with Gasteiger partial charge < -0.3 is 30.3 Å². The normalized spacial score (nSPS) is 14.4. The number of rotatable bonds is 8. The van der Waals surface area contributed by atoms with Gasteiger partial charge in [-0.1, -0.05) is 23.7 Å². The molecule has 2 aromatic carbocycles. The van der Waals surface area contributed by atoms with E-state index in [1.807, 2.05) is 24.3 Å². The lowest BCUT2D eigenvalue weighted by molar-refractivity contribution is -0.152. The first-order valence-electron chi connectivity index (χ1n) is 10.5. The highest BCUT2D eigenvalue weighted by molar-refractivity contribution is 6.30. The van der Waals surface area contributed by atoms with Crippen LogP contribution in [-0.2, 0) is 14.3 Å². The number of nitrogens with one attached hydrogen (secondary N) is 1. The summed E-state index contributed by atoms with van der Waals surface area (Å²) in [5, 5.41) is 3.04. The van der Waals surface area contributed by atoms with Crippen molar-refractivity contribution in [1.82, 2.24) is 10.2 Å². The fourth-order valence-electron chi connectivity index (χ4n) is 3.59. The summed E-state index contributed by atoms with van der Waals surface area (Å²) >= 11 is 5.89. The molecule has 1 fully saturated rings. The molecule has 1 atom stereocenters. The molecule has 1 aliphatic heterocycles. The summed E-state index contributed by atoms with van der Waals surface area (Å²) in [5.74, 6) is -0.0868. The maximum Gasteiger partial charge on any atom is 0.312 e. The topological polar surface area (TPSA) is 114 Å². The number of esters is 1. The first kappa shape index (κ1) is 24.2. The number of primary amides is 1. The molecule has 0 saturated carbocycles. The van der Waals surface area contributed by atoms with E-state index in [4.69, 9.17) is 26.8 Å². The summed E-state index contributed by atoms with van der Waals surface area (Å²) < 4.78 is 10.4. The van der Waals surface area contributed by atoms with Crippen LogP contribution in [0.2, 0.25) is 5.02 Å². The third kappa shape index (κ3) is 7.01. The Labute approximate surface area is 197 Å². The first-order valence-corrected chi connectivity index (χ1v) is 10.9. The van der Waals surface area contributed by atoms with Crippen LogP contribution in [0.25, 0.3) is 0 Å². The summed E-state index contributed by atoms with van der Waals surface area (Å²) in [6, 6.07) is 13.0. The van der Waals surface area contributed by atoms with Crippen molar-refractivity contribution in [3.05, 3.63) is 59.1 Å². The van der Waals surface area contributed by atoms with Crippen molar-refractivity contribution in [1.29, 1.82) is 0 Å². The Morgan fingerprint density at radius 3 is 2.24 bits per heavy atom. The largest absolute Gasteiger partial charge is 0.497 e. The molecule has 0 aliphatic carbocycles. The zero-order valence-corrected chi connectivity index (χ0v) is 19.1. The molecule has 0 unspecified atom stereocenters. The zero-order valence-electron chi connectivity index (χ0n) is 18.3. The van der Waals surface area contributed by atoms with Gasteiger partial charge in [-0.3, -0.25) is 9.59 Å². The maximum atomic E-state index is 12.5. The van der Waals surface area contributed by atoms with Crippen LogP contribution in [0.1, 0.15) is 18.0 Å². The van der Waals surface area contributed by atoms with Crippen molar-refractivity contribution in [2.75, 3.05) is 44.8 Å². The van der Waals surface area contributed by atoms with Gasteiger partial charge in [0.2, 0.25) is 0 Å². The van der Waals surface area contributed by atoms with Gasteiger partial charge in [0.05, 0.1) is 19.6 Å². The smallest absolute Gasteiger partial charge is 0.312 e. The van der Waals surface area contributed by atoms with E-state index in [0.29, 0.717) is 36.8 Å². The molecule has 0 radical (unpaired) electrons. The van der Waals surface area contributed by atoms with E-state index in [1.54, 1.807) is 36.3 Å². The van der Waals surface area contributed by atoms with E-state index >= 15 is 0 Å². The average Bonchev–Trinajstić information content (AvgIpc) is 2.82. The van der Waals surface area contributed by atoms with Gasteiger partial charge in [-0.15, -0.1) is 0 Å². The van der Waals surface area contributed by atoms with Crippen molar-refractivity contribution in [3.63, 3.8) is 0 Å². The van der Waals surface area contributed by atoms with E-state index in [1.165, 1.54) is 0 Å². The minimum absolute atomic E-state index is 0.164. The predicted octanol–water partition coefficient (Wildman–Crippen LogP) is 2.34. The number of nitrogens with two attached hydrogens (primary N) is 1. The molecule has 33 heavy (non-hydrogen) atoms. The molecule has 9 nitrogen and oxygen atoms in total. The number of benzene rings is 2. The van der Waals surface area contributed by atoms with Crippen LogP contribution in [0.3, 0.4) is 0 Å². The number of carbonyl (C=O) groups is 3. The third-order valence-corrected chi connectivity index (χ3v) is 5.64. The second-order valence-electron chi connectivity index (χ2n) is 7.54. The Morgan fingerprint density at radius 2 is 1.67 bits per heavy atom. The monoisotopic (exact) mass is 474 g/mol. The summed E-state index contributed by atoms with van der Waals surface area (Å²) in [7, 11) is 1.62. The number of nitrogens with zero attached hydrogens (tertiary/aromatic N) is 2. The molecule has 10 heteroatoms. The quantitative estimate of drug-likeness (QED) is 0.567. The molecule has 176 valence electrons. The van der Waals surface area contributed by atoms with Gasteiger partial charge >= 0.3 is 12.0 Å². The van der Waals surface area contributed by atoms with Crippen LogP contribution in [0.5, 0.6) is 5.75 Å². The van der Waals surface area contributed by atoms with Gasteiger partial charge in [0.1, 0.15) is 5.75 Å². The Balaban J connectivity index is 1.46. The molecule has 3 rings (SSSR count). The van der Waals surface area contributed by atoms with E-state index in [2.05, 4.69) is 10.2 Å². The summed E-state index contributed by atoms with van der Waals surface area (Å²) in [4.78, 5) is 40.0. The lowest BCUT2D eigenvalue weighted by atomic mass is 10.0. The number of carbonyl (C=O) groups excluding carboxylic acids is 3. The summed E-state index contributed by atoms with van der Waals surface area (Å²) in [6.07, 6.45) is -0.164. The Bertz CT molecular complexity index is 960. The Hall–Kier alpha value is -3.46. The number of anilines is 1. The summed E-state index contributed by atoms with van der Waals surface area (Å²) in [6.45, 7) is 2.05. The van der Waals surface area contributed by atoms with Gasteiger partial charge in [0.25, 0.3) is 5.91 Å². The number of amides is 3. The standard InChI is InChI=1S/C23H27ClN4O5/c1-32-19-8-6-18(7-9-19)27-10-12-28(13-11-27)21(29)15-33-22(30)14-20(26-23(25)31)16-2-4-17(24)5-3-16/h2-9,20H,10-15H2,1H3,(H3,25,26,31)/t20-/m1/s1. The number of hydrogen-bond donors (Lipinski definition) is 2.